The molecule has 0 radical (unpaired) electrons. The van der Waals surface area contributed by atoms with Crippen LogP contribution in [0.1, 0.15) is 18.9 Å². The van der Waals surface area contributed by atoms with E-state index in [4.69, 9.17) is 4.74 Å². The van der Waals surface area contributed by atoms with Gasteiger partial charge in [-0.05, 0) is 49.1 Å². The molecule has 1 aromatic carbocycles. The molecule has 3 fully saturated rings. The van der Waals surface area contributed by atoms with Gasteiger partial charge in [0.1, 0.15) is 5.75 Å². The molecule has 128 valence electrons. The number of amides is 2. The Hall–Kier alpha value is -2.43. The third-order valence-electron chi connectivity index (χ3n) is 6.17. The van der Waals surface area contributed by atoms with Crippen molar-refractivity contribution < 1.29 is 14.3 Å². The zero-order chi connectivity index (χ0) is 17.1. The first-order chi connectivity index (χ1) is 12.2. The first-order valence-electron chi connectivity index (χ1n) is 9.02. The van der Waals surface area contributed by atoms with Gasteiger partial charge in [0.25, 0.3) is 11.8 Å². The quantitative estimate of drug-likeness (QED) is 0.482. The number of para-hydroxylation sites is 1. The standard InChI is InChI=1S/C20H20N2O3/c1-2-25-16-6-4-3-5-11(16)10-21-22-19(23)17-12-7-8-13(15-9-14(12)15)18(17)20(22)24/h3-8,10,12-15,17-18H,2,9H2,1H3/b21-10-/t12-,13-,14-,15-,17-,18+/m0/s1. The second kappa shape index (κ2) is 5.28. The Balaban J connectivity index is 1.43. The summed E-state index contributed by atoms with van der Waals surface area (Å²) < 4.78 is 5.57. The molecule has 25 heavy (non-hydrogen) atoms. The Morgan fingerprint density at radius 1 is 1.12 bits per heavy atom. The first kappa shape index (κ1) is 14.9. The van der Waals surface area contributed by atoms with Gasteiger partial charge in [-0.3, -0.25) is 9.59 Å². The number of benzene rings is 1. The Bertz CT molecular complexity index is 779. The number of hydrogen-bond acceptors (Lipinski definition) is 4. The molecule has 1 aliphatic heterocycles. The molecule has 2 amide bonds. The van der Waals surface area contributed by atoms with Gasteiger partial charge in [-0.15, -0.1) is 0 Å². The van der Waals surface area contributed by atoms with E-state index in [2.05, 4.69) is 17.3 Å². The summed E-state index contributed by atoms with van der Waals surface area (Å²) in [7, 11) is 0. The van der Waals surface area contributed by atoms with E-state index in [9.17, 15) is 9.59 Å². The highest BCUT2D eigenvalue weighted by molar-refractivity contribution is 6.06. The summed E-state index contributed by atoms with van der Waals surface area (Å²) in [5.74, 6) is 1.70. The maximum Gasteiger partial charge on any atom is 0.254 e. The van der Waals surface area contributed by atoms with E-state index >= 15 is 0 Å². The van der Waals surface area contributed by atoms with Crippen molar-refractivity contribution >= 4 is 18.0 Å². The number of hydrazone groups is 1. The van der Waals surface area contributed by atoms with Crippen molar-refractivity contribution in [1.29, 1.82) is 0 Å². The van der Waals surface area contributed by atoms with Gasteiger partial charge in [-0.2, -0.15) is 10.1 Å². The maximum atomic E-state index is 12.9. The van der Waals surface area contributed by atoms with Crippen molar-refractivity contribution in [2.45, 2.75) is 13.3 Å². The summed E-state index contributed by atoms with van der Waals surface area (Å²) in [4.78, 5) is 25.7. The fourth-order valence-corrected chi connectivity index (χ4v) is 5.05. The lowest BCUT2D eigenvalue weighted by Crippen LogP contribution is -2.40. The van der Waals surface area contributed by atoms with Gasteiger partial charge in [0.05, 0.1) is 24.7 Å². The van der Waals surface area contributed by atoms with E-state index in [0.29, 0.717) is 24.2 Å². The number of ether oxygens (including phenoxy) is 1. The van der Waals surface area contributed by atoms with Crippen molar-refractivity contribution in [3.05, 3.63) is 42.0 Å². The highest BCUT2D eigenvalue weighted by Crippen LogP contribution is 2.65. The normalized spacial score (nSPS) is 37.6. The minimum Gasteiger partial charge on any atom is -0.493 e. The van der Waals surface area contributed by atoms with Crippen LogP contribution in [0.5, 0.6) is 5.75 Å². The molecule has 0 spiro atoms. The zero-order valence-corrected chi connectivity index (χ0v) is 14.0. The minimum atomic E-state index is -0.203. The van der Waals surface area contributed by atoms with E-state index < -0.39 is 0 Å². The predicted octanol–water partition coefficient (Wildman–Crippen LogP) is 2.47. The highest BCUT2D eigenvalue weighted by Gasteiger charge is 2.67. The topological polar surface area (TPSA) is 59.0 Å². The summed E-state index contributed by atoms with van der Waals surface area (Å²) >= 11 is 0. The maximum absolute atomic E-state index is 12.9. The third kappa shape index (κ3) is 2.04. The van der Waals surface area contributed by atoms with Gasteiger partial charge in [0.15, 0.2) is 0 Å². The van der Waals surface area contributed by atoms with Gasteiger partial charge < -0.3 is 4.74 Å². The van der Waals surface area contributed by atoms with Crippen LogP contribution in [0, 0.1) is 35.5 Å². The van der Waals surface area contributed by atoms with E-state index in [1.54, 1.807) is 6.21 Å². The monoisotopic (exact) mass is 336 g/mol. The fourth-order valence-electron chi connectivity index (χ4n) is 5.05. The second-order valence-electron chi connectivity index (χ2n) is 7.36. The van der Waals surface area contributed by atoms with E-state index in [-0.39, 0.29) is 35.5 Å². The molecule has 4 aliphatic carbocycles. The van der Waals surface area contributed by atoms with Crippen LogP contribution in [0.15, 0.2) is 41.5 Å². The SMILES string of the molecule is CCOc1ccccc1/C=N\N1C(=O)[C@@H]2[C@H]3C=C[C@@H]([C@@H]4C[C@@H]34)[C@@H]2C1=O. The van der Waals surface area contributed by atoms with Crippen molar-refractivity contribution in [1.82, 2.24) is 5.01 Å². The zero-order valence-electron chi connectivity index (χ0n) is 14.0. The molecule has 5 aliphatic rings. The number of nitrogens with zero attached hydrogens (tertiary/aromatic N) is 2. The van der Waals surface area contributed by atoms with E-state index in [1.807, 2.05) is 31.2 Å². The molecule has 2 bridgehead atoms. The number of hydrogen-bond donors (Lipinski definition) is 0. The molecular formula is C20H20N2O3. The molecule has 6 rings (SSSR count). The van der Waals surface area contributed by atoms with Gasteiger partial charge >= 0.3 is 0 Å². The molecule has 0 aromatic heterocycles. The van der Waals surface area contributed by atoms with Crippen molar-refractivity contribution in [2.24, 2.45) is 40.6 Å². The molecule has 6 atom stereocenters. The van der Waals surface area contributed by atoms with Crippen LogP contribution in [0.2, 0.25) is 0 Å². The second-order valence-corrected chi connectivity index (χ2v) is 7.36. The van der Waals surface area contributed by atoms with E-state index in [0.717, 1.165) is 10.6 Å². The van der Waals surface area contributed by atoms with Gasteiger partial charge in [-0.1, -0.05) is 24.3 Å². The van der Waals surface area contributed by atoms with Crippen LogP contribution >= 0.6 is 0 Å². The van der Waals surface area contributed by atoms with Crippen molar-refractivity contribution in [3.63, 3.8) is 0 Å². The van der Waals surface area contributed by atoms with Crippen LogP contribution in [0.25, 0.3) is 0 Å². The van der Waals surface area contributed by atoms with Crippen molar-refractivity contribution in [3.8, 4) is 5.75 Å². The third-order valence-corrected chi connectivity index (χ3v) is 6.17. The smallest absolute Gasteiger partial charge is 0.254 e. The lowest BCUT2D eigenvalue weighted by Gasteiger charge is -2.37. The predicted molar refractivity (Wildman–Crippen MR) is 91.8 cm³/mol. The van der Waals surface area contributed by atoms with Gasteiger partial charge in [-0.25, -0.2) is 0 Å². The lowest BCUT2D eigenvalue weighted by atomic mass is 9.63. The summed E-state index contributed by atoms with van der Waals surface area (Å²) in [6.07, 6.45) is 7.07. The fraction of sp³-hybridized carbons (Fsp3) is 0.450. The number of imide groups is 1. The molecule has 0 unspecified atom stereocenters. The summed E-state index contributed by atoms with van der Waals surface area (Å²) in [5, 5.41) is 5.37. The number of rotatable bonds is 4. The molecule has 1 heterocycles. The Morgan fingerprint density at radius 3 is 2.40 bits per heavy atom. The average Bonchev–Trinajstić information content (AvgIpc) is 3.40. The highest BCUT2D eigenvalue weighted by atomic mass is 16.5. The molecule has 0 N–H and O–H groups in total. The van der Waals surface area contributed by atoms with Crippen LogP contribution in [0.3, 0.4) is 0 Å². The van der Waals surface area contributed by atoms with Crippen LogP contribution in [0.4, 0.5) is 0 Å². The molecule has 1 saturated heterocycles. The molecule has 2 saturated carbocycles. The number of carbonyl (C=O) groups excluding carboxylic acids is 2. The number of carbonyl (C=O) groups is 2. The summed E-state index contributed by atoms with van der Waals surface area (Å²) in [6, 6.07) is 7.50. The van der Waals surface area contributed by atoms with Crippen LogP contribution in [-0.2, 0) is 9.59 Å². The van der Waals surface area contributed by atoms with Gasteiger partial charge in [0.2, 0.25) is 0 Å². The van der Waals surface area contributed by atoms with Crippen molar-refractivity contribution in [2.75, 3.05) is 6.61 Å². The van der Waals surface area contributed by atoms with E-state index in [1.165, 1.54) is 6.42 Å². The first-order valence-corrected chi connectivity index (χ1v) is 9.02. The Labute approximate surface area is 146 Å². The molecule has 5 heteroatoms. The molecular weight excluding hydrogens is 316 g/mol. The average molecular weight is 336 g/mol. The Kier molecular flexibility index (Phi) is 3.14. The lowest BCUT2D eigenvalue weighted by molar-refractivity contribution is -0.140. The number of allylic oxidation sites excluding steroid dienone is 2. The largest absolute Gasteiger partial charge is 0.493 e. The minimum absolute atomic E-state index is 0.134. The van der Waals surface area contributed by atoms with Gasteiger partial charge in [0, 0.05) is 5.56 Å². The van der Waals surface area contributed by atoms with Crippen LogP contribution < -0.4 is 4.74 Å². The Morgan fingerprint density at radius 2 is 1.76 bits per heavy atom. The summed E-state index contributed by atoms with van der Waals surface area (Å²) in [5.41, 5.74) is 0.767. The molecule has 1 aromatic rings. The summed E-state index contributed by atoms with van der Waals surface area (Å²) in [6.45, 7) is 2.47. The molecule has 5 nitrogen and oxygen atoms in total. The van der Waals surface area contributed by atoms with Crippen LogP contribution in [-0.4, -0.2) is 29.6 Å².